The maximum atomic E-state index is 10.4. The molecule has 1 aromatic carbocycles. The Labute approximate surface area is 99.4 Å². The van der Waals surface area contributed by atoms with Crippen molar-refractivity contribution in [3.05, 3.63) is 39.9 Å². The van der Waals surface area contributed by atoms with E-state index in [4.69, 9.17) is 5.73 Å². The molecule has 0 radical (unpaired) electrons. The summed E-state index contributed by atoms with van der Waals surface area (Å²) in [7, 11) is 1.54. The van der Waals surface area contributed by atoms with Gasteiger partial charge in [0.2, 0.25) is 0 Å². The number of hydrogen-bond acceptors (Lipinski definition) is 3. The minimum atomic E-state index is -0.466. The van der Waals surface area contributed by atoms with Gasteiger partial charge >= 0.3 is 0 Å². The summed E-state index contributed by atoms with van der Waals surface area (Å²) in [5, 5.41) is 10.4. The number of nitro groups is 1. The van der Waals surface area contributed by atoms with E-state index in [0.717, 1.165) is 0 Å². The lowest BCUT2D eigenvalue weighted by molar-refractivity contribution is -0.384. The molecule has 0 aliphatic heterocycles. The standard InChI is InChI=1S/C8H9N3O2.2ClH/c1-10-8(9)6-3-2-4-7(5-6)11(12)13;;/h2-5H,1H3,(H2,9,10);2*1H. The van der Waals surface area contributed by atoms with Crippen molar-refractivity contribution in [1.82, 2.24) is 0 Å². The van der Waals surface area contributed by atoms with Crippen molar-refractivity contribution in [2.75, 3.05) is 7.05 Å². The van der Waals surface area contributed by atoms with Crippen LogP contribution < -0.4 is 5.73 Å². The van der Waals surface area contributed by atoms with E-state index in [1.165, 1.54) is 19.2 Å². The van der Waals surface area contributed by atoms with Crippen molar-refractivity contribution in [2.24, 2.45) is 10.7 Å². The van der Waals surface area contributed by atoms with Crippen molar-refractivity contribution in [2.45, 2.75) is 0 Å². The largest absolute Gasteiger partial charge is 0.384 e. The molecule has 7 heteroatoms. The van der Waals surface area contributed by atoms with Crippen LogP contribution >= 0.6 is 24.8 Å². The maximum Gasteiger partial charge on any atom is 0.270 e. The highest BCUT2D eigenvalue weighted by molar-refractivity contribution is 5.97. The number of benzene rings is 1. The van der Waals surface area contributed by atoms with Gasteiger partial charge in [-0.25, -0.2) is 0 Å². The van der Waals surface area contributed by atoms with E-state index in [1.54, 1.807) is 12.1 Å². The lowest BCUT2D eigenvalue weighted by atomic mass is 10.2. The number of rotatable bonds is 2. The SMILES string of the molecule is CN=C(N)c1cccc([N+](=O)[O-])c1.Cl.Cl. The van der Waals surface area contributed by atoms with Crippen LogP contribution in [-0.2, 0) is 0 Å². The third-order valence-corrected chi connectivity index (χ3v) is 1.59. The fraction of sp³-hybridized carbons (Fsp3) is 0.125. The van der Waals surface area contributed by atoms with E-state index in [9.17, 15) is 10.1 Å². The van der Waals surface area contributed by atoms with Crippen molar-refractivity contribution in [3.8, 4) is 0 Å². The van der Waals surface area contributed by atoms with Crippen molar-refractivity contribution in [3.63, 3.8) is 0 Å². The number of nitrogens with two attached hydrogens (primary N) is 1. The van der Waals surface area contributed by atoms with Crippen molar-refractivity contribution < 1.29 is 4.92 Å². The highest BCUT2D eigenvalue weighted by Gasteiger charge is 2.06. The van der Waals surface area contributed by atoms with E-state index in [1.807, 2.05) is 0 Å². The second kappa shape index (κ2) is 7.03. The van der Waals surface area contributed by atoms with Crippen LogP contribution in [0.3, 0.4) is 0 Å². The van der Waals surface area contributed by atoms with Gasteiger partial charge in [0.1, 0.15) is 5.84 Å². The average molecular weight is 252 g/mol. The Balaban J connectivity index is 0. The zero-order valence-corrected chi connectivity index (χ0v) is 9.55. The number of non-ortho nitro benzene ring substituents is 1. The Morgan fingerprint density at radius 3 is 2.53 bits per heavy atom. The minimum Gasteiger partial charge on any atom is -0.384 e. The van der Waals surface area contributed by atoms with E-state index < -0.39 is 4.92 Å². The van der Waals surface area contributed by atoms with Gasteiger partial charge in [-0.1, -0.05) is 12.1 Å². The lowest BCUT2D eigenvalue weighted by Gasteiger charge is -1.98. The zero-order valence-electron chi connectivity index (χ0n) is 7.91. The number of amidine groups is 1. The molecule has 0 heterocycles. The molecule has 84 valence electrons. The van der Waals surface area contributed by atoms with Gasteiger partial charge in [-0.15, -0.1) is 24.8 Å². The van der Waals surface area contributed by atoms with E-state index >= 15 is 0 Å². The zero-order chi connectivity index (χ0) is 9.84. The summed E-state index contributed by atoms with van der Waals surface area (Å²) >= 11 is 0. The molecule has 0 fully saturated rings. The summed E-state index contributed by atoms with van der Waals surface area (Å²) in [6.45, 7) is 0. The van der Waals surface area contributed by atoms with Crippen LogP contribution in [0.1, 0.15) is 5.56 Å². The highest BCUT2D eigenvalue weighted by Crippen LogP contribution is 2.12. The molecule has 0 aromatic heterocycles. The molecule has 1 rings (SSSR count). The van der Waals surface area contributed by atoms with Gasteiger partial charge in [0.05, 0.1) is 4.92 Å². The Hall–Kier alpha value is -1.33. The first-order valence-corrected chi connectivity index (χ1v) is 3.62. The number of aliphatic imine (C=N–C) groups is 1. The first kappa shape index (κ1) is 16.1. The van der Waals surface area contributed by atoms with E-state index in [0.29, 0.717) is 11.4 Å². The fourth-order valence-electron chi connectivity index (χ4n) is 0.908. The second-order valence-corrected chi connectivity index (χ2v) is 2.42. The first-order chi connectivity index (χ1) is 6.15. The predicted octanol–water partition coefficient (Wildman–Crippen LogP) is 1.77. The van der Waals surface area contributed by atoms with Crippen LogP contribution in [0.2, 0.25) is 0 Å². The summed E-state index contributed by atoms with van der Waals surface area (Å²) in [6.07, 6.45) is 0. The van der Waals surface area contributed by atoms with Crippen molar-refractivity contribution in [1.29, 1.82) is 0 Å². The molecule has 0 saturated carbocycles. The van der Waals surface area contributed by atoms with Crippen LogP contribution in [0, 0.1) is 10.1 Å². The normalized spacial score (nSPS) is 9.80. The topological polar surface area (TPSA) is 81.5 Å². The Morgan fingerprint density at radius 2 is 2.07 bits per heavy atom. The molecule has 0 bridgehead atoms. The quantitative estimate of drug-likeness (QED) is 0.377. The van der Waals surface area contributed by atoms with Gasteiger partial charge in [-0.05, 0) is 0 Å². The molecule has 5 nitrogen and oxygen atoms in total. The lowest BCUT2D eigenvalue weighted by Crippen LogP contribution is -2.12. The molecular formula is C8H11Cl2N3O2. The number of halogens is 2. The first-order valence-electron chi connectivity index (χ1n) is 3.62. The number of nitrogens with zero attached hydrogens (tertiary/aromatic N) is 2. The Morgan fingerprint density at radius 1 is 1.47 bits per heavy atom. The molecule has 0 unspecified atom stereocenters. The van der Waals surface area contributed by atoms with Crippen LogP contribution in [0.15, 0.2) is 29.3 Å². The molecule has 1 aromatic rings. The Bertz CT molecular complexity index is 369. The van der Waals surface area contributed by atoms with Crippen LogP contribution in [0.4, 0.5) is 5.69 Å². The molecule has 0 atom stereocenters. The Kier molecular flexibility index (Phi) is 7.55. The second-order valence-electron chi connectivity index (χ2n) is 2.42. The van der Waals surface area contributed by atoms with E-state index in [-0.39, 0.29) is 30.5 Å². The molecule has 0 saturated heterocycles. The summed E-state index contributed by atoms with van der Waals surface area (Å²) < 4.78 is 0. The fourth-order valence-corrected chi connectivity index (χ4v) is 0.908. The molecule has 15 heavy (non-hydrogen) atoms. The minimum absolute atomic E-state index is 0. The molecule has 0 aliphatic rings. The predicted molar refractivity (Wildman–Crippen MR) is 64.2 cm³/mol. The molecule has 0 amide bonds. The summed E-state index contributed by atoms with van der Waals surface area (Å²) in [5.41, 5.74) is 6.07. The highest BCUT2D eigenvalue weighted by atomic mass is 35.5. The summed E-state index contributed by atoms with van der Waals surface area (Å²) in [6, 6.07) is 6.05. The number of nitro benzene ring substituents is 1. The maximum absolute atomic E-state index is 10.4. The molecular weight excluding hydrogens is 241 g/mol. The van der Waals surface area contributed by atoms with Gasteiger partial charge in [-0.2, -0.15) is 0 Å². The number of hydrogen-bond donors (Lipinski definition) is 1. The van der Waals surface area contributed by atoms with E-state index in [2.05, 4.69) is 4.99 Å². The van der Waals surface area contributed by atoms with Gasteiger partial charge in [-0.3, -0.25) is 15.1 Å². The average Bonchev–Trinajstić information content (AvgIpc) is 2.17. The monoisotopic (exact) mass is 251 g/mol. The van der Waals surface area contributed by atoms with Crippen LogP contribution in [0.25, 0.3) is 0 Å². The third kappa shape index (κ3) is 4.14. The third-order valence-electron chi connectivity index (χ3n) is 1.59. The summed E-state index contributed by atoms with van der Waals surface area (Å²) in [5.74, 6) is 0.295. The summed E-state index contributed by atoms with van der Waals surface area (Å²) in [4.78, 5) is 13.7. The van der Waals surface area contributed by atoms with Gasteiger partial charge in [0.15, 0.2) is 0 Å². The smallest absolute Gasteiger partial charge is 0.270 e. The molecule has 0 aliphatic carbocycles. The molecule has 2 N–H and O–H groups in total. The molecule has 0 spiro atoms. The van der Waals surface area contributed by atoms with Crippen LogP contribution in [-0.4, -0.2) is 17.8 Å². The van der Waals surface area contributed by atoms with Crippen LogP contribution in [0.5, 0.6) is 0 Å². The van der Waals surface area contributed by atoms with Gasteiger partial charge in [0.25, 0.3) is 5.69 Å². The van der Waals surface area contributed by atoms with Gasteiger partial charge < -0.3 is 5.73 Å². The van der Waals surface area contributed by atoms with Gasteiger partial charge in [0, 0.05) is 24.7 Å². The van der Waals surface area contributed by atoms with Crippen molar-refractivity contribution >= 4 is 36.3 Å².